The number of nitrogens with two attached hydrogens (primary N) is 1. The van der Waals surface area contributed by atoms with Gasteiger partial charge in [-0.3, -0.25) is 0 Å². The molecule has 0 aliphatic heterocycles. The Morgan fingerprint density at radius 1 is 1.33 bits per heavy atom. The van der Waals surface area contributed by atoms with Crippen LogP contribution in [-0.4, -0.2) is 13.1 Å². The number of rotatable bonds is 2. The molecule has 4 heteroatoms. The van der Waals surface area contributed by atoms with Crippen LogP contribution in [-0.2, 0) is 0 Å². The summed E-state index contributed by atoms with van der Waals surface area (Å²) >= 11 is 1.98. The van der Waals surface area contributed by atoms with Crippen molar-refractivity contribution in [3.8, 4) is 0 Å². The van der Waals surface area contributed by atoms with Crippen molar-refractivity contribution < 1.29 is 4.39 Å². The van der Waals surface area contributed by atoms with E-state index in [9.17, 15) is 4.39 Å². The highest BCUT2D eigenvalue weighted by molar-refractivity contribution is 14.1. The van der Waals surface area contributed by atoms with Crippen molar-refractivity contribution in [3.05, 3.63) is 21.5 Å². The van der Waals surface area contributed by atoms with Gasteiger partial charge >= 0.3 is 0 Å². The van der Waals surface area contributed by atoms with Crippen molar-refractivity contribution >= 4 is 34.0 Å². The number of benzene rings is 1. The van der Waals surface area contributed by atoms with E-state index in [4.69, 9.17) is 5.73 Å². The van der Waals surface area contributed by atoms with Crippen LogP contribution in [0.15, 0.2) is 12.1 Å². The first-order chi connectivity index (χ1) is 8.50. The van der Waals surface area contributed by atoms with Crippen LogP contribution in [0.2, 0.25) is 0 Å². The second-order valence-electron chi connectivity index (χ2n) is 5.27. The lowest BCUT2D eigenvalue weighted by molar-refractivity contribution is 0.321. The standard InChI is InChI=1S/C14H20FIN2/c1-9-5-3-4-6-13(9)18(2)14-7-10(15)11(16)8-12(14)17/h7-9,13H,3-6,17H2,1-2H3. The summed E-state index contributed by atoms with van der Waals surface area (Å²) in [5, 5.41) is 0. The zero-order valence-corrected chi connectivity index (χ0v) is 13.1. The third kappa shape index (κ3) is 2.73. The predicted octanol–water partition coefficient (Wildman–Crippen LogP) is 4.03. The molecule has 18 heavy (non-hydrogen) atoms. The number of nitrogens with zero attached hydrogens (tertiary/aromatic N) is 1. The molecule has 1 aliphatic carbocycles. The maximum atomic E-state index is 13.7. The van der Waals surface area contributed by atoms with Crippen LogP contribution in [0.3, 0.4) is 0 Å². The monoisotopic (exact) mass is 362 g/mol. The maximum Gasteiger partial charge on any atom is 0.138 e. The van der Waals surface area contributed by atoms with Gasteiger partial charge in [0.05, 0.1) is 14.9 Å². The minimum absolute atomic E-state index is 0.185. The molecule has 0 saturated heterocycles. The molecule has 1 saturated carbocycles. The molecule has 0 aromatic heterocycles. The summed E-state index contributed by atoms with van der Waals surface area (Å²) in [4.78, 5) is 2.16. The molecule has 1 aromatic rings. The Hall–Kier alpha value is -0.520. The van der Waals surface area contributed by atoms with Gasteiger partial charge in [-0.1, -0.05) is 19.8 Å². The minimum atomic E-state index is -0.185. The summed E-state index contributed by atoms with van der Waals surface area (Å²) in [5.41, 5.74) is 7.52. The molecule has 1 fully saturated rings. The fraction of sp³-hybridized carbons (Fsp3) is 0.571. The van der Waals surface area contributed by atoms with Gasteiger partial charge in [-0.25, -0.2) is 4.39 Å². The summed E-state index contributed by atoms with van der Waals surface area (Å²) in [6.45, 7) is 2.28. The van der Waals surface area contributed by atoms with Crippen LogP contribution in [0.1, 0.15) is 32.6 Å². The van der Waals surface area contributed by atoms with Crippen LogP contribution < -0.4 is 10.6 Å². The molecule has 2 unspecified atom stereocenters. The van der Waals surface area contributed by atoms with Gasteiger partial charge in [-0.2, -0.15) is 0 Å². The van der Waals surface area contributed by atoms with Crippen LogP contribution in [0, 0.1) is 15.3 Å². The number of hydrogen-bond donors (Lipinski definition) is 1. The number of hydrogen-bond acceptors (Lipinski definition) is 2. The van der Waals surface area contributed by atoms with E-state index in [1.165, 1.54) is 25.7 Å². The Kier molecular flexibility index (Phi) is 4.35. The van der Waals surface area contributed by atoms with Gasteiger partial charge in [0.1, 0.15) is 5.82 Å². The Bertz CT molecular complexity index is 436. The van der Waals surface area contributed by atoms with Crippen molar-refractivity contribution in [2.45, 2.75) is 38.6 Å². The number of nitrogen functional groups attached to an aromatic ring is 1. The first-order valence-corrected chi connectivity index (χ1v) is 7.56. The van der Waals surface area contributed by atoms with Crippen molar-refractivity contribution in [2.24, 2.45) is 5.92 Å². The third-order valence-electron chi connectivity index (χ3n) is 4.01. The average molecular weight is 362 g/mol. The molecule has 0 spiro atoms. The van der Waals surface area contributed by atoms with Crippen LogP contribution >= 0.6 is 22.6 Å². The van der Waals surface area contributed by atoms with Crippen LogP contribution in [0.25, 0.3) is 0 Å². The fourth-order valence-corrected chi connectivity index (χ4v) is 3.40. The molecule has 2 N–H and O–H groups in total. The number of halogens is 2. The second-order valence-corrected chi connectivity index (χ2v) is 6.43. The Morgan fingerprint density at radius 2 is 2.00 bits per heavy atom. The molecular weight excluding hydrogens is 342 g/mol. The summed E-state index contributed by atoms with van der Waals surface area (Å²) in [5.74, 6) is 0.459. The molecule has 0 bridgehead atoms. The van der Waals surface area contributed by atoms with E-state index < -0.39 is 0 Å². The van der Waals surface area contributed by atoms with Gasteiger partial charge in [0.25, 0.3) is 0 Å². The lowest BCUT2D eigenvalue weighted by Gasteiger charge is -2.38. The smallest absolute Gasteiger partial charge is 0.138 e. The van der Waals surface area contributed by atoms with Gasteiger partial charge in [-0.15, -0.1) is 0 Å². The molecule has 0 radical (unpaired) electrons. The molecule has 2 rings (SSSR count). The Morgan fingerprint density at radius 3 is 2.67 bits per heavy atom. The van der Waals surface area contributed by atoms with Gasteiger partial charge in [0.15, 0.2) is 0 Å². The second kappa shape index (κ2) is 5.63. The van der Waals surface area contributed by atoms with Gasteiger partial charge < -0.3 is 10.6 Å². The Labute approximate surface area is 122 Å². The zero-order chi connectivity index (χ0) is 13.3. The van der Waals surface area contributed by atoms with E-state index in [2.05, 4.69) is 11.8 Å². The summed E-state index contributed by atoms with van der Waals surface area (Å²) in [7, 11) is 2.03. The normalized spacial score (nSPS) is 24.0. The SMILES string of the molecule is CC1CCCCC1N(C)c1cc(F)c(I)cc1N. The Balaban J connectivity index is 2.27. The van der Waals surface area contributed by atoms with E-state index in [1.54, 1.807) is 12.1 Å². The molecule has 0 amide bonds. The largest absolute Gasteiger partial charge is 0.397 e. The average Bonchev–Trinajstić information content (AvgIpc) is 2.33. The highest BCUT2D eigenvalue weighted by atomic mass is 127. The van der Waals surface area contributed by atoms with E-state index >= 15 is 0 Å². The van der Waals surface area contributed by atoms with Crippen LogP contribution in [0.4, 0.5) is 15.8 Å². The van der Waals surface area contributed by atoms with Gasteiger partial charge in [-0.05, 0) is 47.4 Å². The van der Waals surface area contributed by atoms with Crippen molar-refractivity contribution in [2.75, 3.05) is 17.7 Å². The topological polar surface area (TPSA) is 29.3 Å². The lowest BCUT2D eigenvalue weighted by atomic mass is 9.85. The zero-order valence-electron chi connectivity index (χ0n) is 10.9. The highest BCUT2D eigenvalue weighted by Gasteiger charge is 2.26. The predicted molar refractivity (Wildman–Crippen MR) is 83.4 cm³/mol. The molecule has 2 nitrogen and oxygen atoms in total. The van der Waals surface area contributed by atoms with Crippen molar-refractivity contribution in [3.63, 3.8) is 0 Å². The first kappa shape index (κ1) is 13.9. The van der Waals surface area contributed by atoms with Gasteiger partial charge in [0, 0.05) is 19.2 Å². The van der Waals surface area contributed by atoms with E-state index in [1.807, 2.05) is 29.6 Å². The number of anilines is 2. The maximum absolute atomic E-state index is 13.7. The molecular formula is C14H20FIN2. The third-order valence-corrected chi connectivity index (χ3v) is 4.84. The quantitative estimate of drug-likeness (QED) is 0.636. The lowest BCUT2D eigenvalue weighted by Crippen LogP contribution is -2.39. The highest BCUT2D eigenvalue weighted by Crippen LogP contribution is 2.34. The van der Waals surface area contributed by atoms with Crippen molar-refractivity contribution in [1.29, 1.82) is 0 Å². The summed E-state index contributed by atoms with van der Waals surface area (Å²) in [6.07, 6.45) is 4.99. The molecule has 2 atom stereocenters. The first-order valence-electron chi connectivity index (χ1n) is 6.48. The molecule has 1 aliphatic rings. The van der Waals surface area contributed by atoms with E-state index in [0.29, 0.717) is 21.2 Å². The minimum Gasteiger partial charge on any atom is -0.397 e. The van der Waals surface area contributed by atoms with Gasteiger partial charge in [0.2, 0.25) is 0 Å². The molecule has 1 aromatic carbocycles. The van der Waals surface area contributed by atoms with E-state index in [0.717, 1.165) is 5.69 Å². The fourth-order valence-electron chi connectivity index (χ4n) is 2.91. The summed E-state index contributed by atoms with van der Waals surface area (Å²) < 4.78 is 14.3. The summed E-state index contributed by atoms with van der Waals surface area (Å²) in [6, 6.07) is 3.76. The molecule has 0 heterocycles. The van der Waals surface area contributed by atoms with E-state index in [-0.39, 0.29) is 5.82 Å². The van der Waals surface area contributed by atoms with Crippen molar-refractivity contribution in [1.82, 2.24) is 0 Å². The van der Waals surface area contributed by atoms with Crippen LogP contribution in [0.5, 0.6) is 0 Å². The molecule has 100 valence electrons.